The van der Waals surface area contributed by atoms with Gasteiger partial charge < -0.3 is 0 Å². The number of fused-ring (bicyclic) bond motifs is 1. The van der Waals surface area contributed by atoms with Crippen LogP contribution in [0, 0.1) is 5.00 Å². The minimum absolute atomic E-state index is 0.208. The van der Waals surface area contributed by atoms with Crippen molar-refractivity contribution in [2.75, 3.05) is 0 Å². The van der Waals surface area contributed by atoms with E-state index in [0.717, 1.165) is 28.0 Å². The topological polar surface area (TPSA) is 33.0 Å². The number of hydrogen-bond donors (Lipinski definition) is 0. The number of benzene rings is 1. The van der Waals surface area contributed by atoms with Gasteiger partial charge in [-0.05, 0) is 0 Å². The molecule has 0 saturated heterocycles. The van der Waals surface area contributed by atoms with Gasteiger partial charge >= 0.3 is 83.7 Å². The van der Waals surface area contributed by atoms with Gasteiger partial charge in [0.05, 0.1) is 0 Å². The third-order valence-corrected chi connectivity index (χ3v) is 2.98. The van der Waals surface area contributed by atoms with Crippen LogP contribution in [-0.2, 0) is 0 Å². The number of nitrogens with zero attached hydrogens (tertiary/aromatic N) is 1. The van der Waals surface area contributed by atoms with Gasteiger partial charge in [0.25, 0.3) is 0 Å². The third-order valence-electron chi connectivity index (χ3n) is 2.19. The predicted octanol–water partition coefficient (Wildman–Crippen LogP) is 3.75. The zero-order valence-electron chi connectivity index (χ0n) is 7.82. The van der Waals surface area contributed by atoms with Crippen LogP contribution in [0.25, 0.3) is 5.57 Å². The fourth-order valence-corrected chi connectivity index (χ4v) is 1.92. The quantitative estimate of drug-likeness (QED) is 0.600. The number of allylic oxidation sites excluding steroid dienone is 3. The van der Waals surface area contributed by atoms with Gasteiger partial charge in [0.2, 0.25) is 0 Å². The van der Waals surface area contributed by atoms with E-state index in [1.54, 1.807) is 0 Å². The Labute approximate surface area is 84.3 Å². The molecule has 0 unspecified atom stereocenters. The van der Waals surface area contributed by atoms with E-state index in [4.69, 9.17) is 9.74 Å². The molecule has 0 aliphatic carbocycles. The third kappa shape index (κ3) is 1.29. The van der Waals surface area contributed by atoms with Gasteiger partial charge in [-0.15, -0.1) is 0 Å². The van der Waals surface area contributed by atoms with Crippen molar-refractivity contribution in [3.63, 3.8) is 0 Å². The maximum atomic E-state index is 9.13. The normalized spacial score (nSPS) is 14.7. The second-order valence-corrected chi connectivity index (χ2v) is 3.73. The first-order valence-electron chi connectivity index (χ1n) is 4.26. The first-order valence-corrected chi connectivity index (χ1v) is 5.11. The van der Waals surface area contributed by atoms with E-state index in [1.165, 1.54) is 0 Å². The molecule has 0 aromatic heterocycles. The van der Waals surface area contributed by atoms with Crippen molar-refractivity contribution < 1.29 is 4.74 Å². The Morgan fingerprint density at radius 2 is 2.07 bits per heavy atom. The summed E-state index contributed by atoms with van der Waals surface area (Å²) in [6, 6.07) is 7.69. The first-order chi connectivity index (χ1) is 6.74. The van der Waals surface area contributed by atoms with Crippen LogP contribution in [0.4, 0.5) is 0 Å². The summed E-state index contributed by atoms with van der Waals surface area (Å²) in [5.41, 5.74) is 1.79. The second kappa shape index (κ2) is 3.42. The average molecular weight is 202 g/mol. The van der Waals surface area contributed by atoms with Crippen LogP contribution < -0.4 is 4.74 Å². The number of para-hydroxylation sites is 1. The average Bonchev–Trinajstić information content (AvgIpc) is 2.18. The van der Waals surface area contributed by atoms with Crippen molar-refractivity contribution in [1.82, 2.24) is 0 Å². The summed E-state index contributed by atoms with van der Waals surface area (Å²) >= 11 is 0. The predicted molar refractivity (Wildman–Crippen MR) is 57.4 cm³/mol. The maximum absolute atomic E-state index is 9.13. The number of ether oxygens (including phenoxy) is 1. The number of hydrogen-bond acceptors (Lipinski definition) is 2. The molecule has 1 aliphatic rings. The first kappa shape index (κ1) is 9.21. The molecular weight excluding hydrogens is 193 g/mol. The molecule has 14 heavy (non-hydrogen) atoms. The zero-order chi connectivity index (χ0) is 10.1. The molecule has 1 aliphatic heterocycles. The van der Waals surface area contributed by atoms with Gasteiger partial charge in [0.15, 0.2) is 0 Å². The van der Waals surface area contributed by atoms with Crippen LogP contribution in [0.15, 0.2) is 41.9 Å². The molecule has 2 rings (SSSR count). The fourth-order valence-electron chi connectivity index (χ4n) is 1.49. The van der Waals surface area contributed by atoms with Crippen molar-refractivity contribution >= 4 is 13.8 Å². The van der Waals surface area contributed by atoms with Gasteiger partial charge in [-0.2, -0.15) is 0 Å². The molecule has 0 bridgehead atoms. The Hall–Kier alpha value is -1.36. The van der Waals surface area contributed by atoms with Gasteiger partial charge in [0.1, 0.15) is 0 Å². The Bertz CT molecular complexity index is 482. The monoisotopic (exact) mass is 202 g/mol. The Kier molecular flexibility index (Phi) is 2.25. The molecule has 1 heterocycles. The summed E-state index contributed by atoms with van der Waals surface area (Å²) in [6.07, 6.45) is 0. The van der Waals surface area contributed by atoms with E-state index < -0.39 is 0 Å². The van der Waals surface area contributed by atoms with E-state index >= 15 is 0 Å². The summed E-state index contributed by atoms with van der Waals surface area (Å²) in [7, 11) is 0.208. The van der Waals surface area contributed by atoms with Crippen molar-refractivity contribution in [2.24, 2.45) is 0 Å². The second-order valence-electron chi connectivity index (χ2n) is 3.08. The van der Waals surface area contributed by atoms with Crippen molar-refractivity contribution in [3.8, 4) is 5.75 Å². The van der Waals surface area contributed by atoms with E-state index in [9.17, 15) is 0 Å². The van der Waals surface area contributed by atoms with E-state index in [0.29, 0.717) is 0 Å². The molecule has 0 fully saturated rings. The molecule has 0 spiro atoms. The standard InChI is InChI=1S/C11H9NOP/c1-7-9-5-3-4-6-10(9)13-8(2)11(7)14-12/h3-6H,1H2,2H3/q+1. The molecule has 0 amide bonds. The molecule has 0 radical (unpaired) electrons. The summed E-state index contributed by atoms with van der Waals surface area (Å²) in [5.74, 6) is 1.53. The molecule has 2 nitrogen and oxygen atoms in total. The molecule has 0 N–H and O–H groups in total. The van der Waals surface area contributed by atoms with E-state index in [2.05, 4.69) is 6.58 Å². The zero-order valence-corrected chi connectivity index (χ0v) is 8.71. The van der Waals surface area contributed by atoms with Crippen LogP contribution >= 0.6 is 8.22 Å². The van der Waals surface area contributed by atoms with Crippen LogP contribution in [-0.4, -0.2) is 0 Å². The van der Waals surface area contributed by atoms with Crippen LogP contribution in [0.1, 0.15) is 12.5 Å². The van der Waals surface area contributed by atoms with E-state index in [1.807, 2.05) is 31.2 Å². The Balaban J connectivity index is 2.61. The molecule has 3 heteroatoms. The Morgan fingerprint density at radius 1 is 1.36 bits per heavy atom. The molecule has 1 aromatic rings. The Morgan fingerprint density at radius 3 is 2.79 bits per heavy atom. The van der Waals surface area contributed by atoms with Crippen molar-refractivity contribution in [3.05, 3.63) is 47.5 Å². The van der Waals surface area contributed by atoms with Crippen molar-refractivity contribution in [1.29, 1.82) is 5.00 Å². The summed E-state index contributed by atoms with van der Waals surface area (Å²) < 4.78 is 5.56. The van der Waals surface area contributed by atoms with Gasteiger partial charge in [-0.3, -0.25) is 0 Å². The fraction of sp³-hybridized carbons (Fsp3) is 0.0909. The van der Waals surface area contributed by atoms with Crippen LogP contribution in [0.5, 0.6) is 5.75 Å². The molecule has 1 aromatic carbocycles. The molecule has 0 saturated carbocycles. The summed E-state index contributed by atoms with van der Waals surface area (Å²) in [4.78, 5) is 0. The summed E-state index contributed by atoms with van der Waals surface area (Å²) in [6.45, 7) is 5.79. The van der Waals surface area contributed by atoms with Gasteiger partial charge in [-0.1, -0.05) is 0 Å². The molecule has 0 atom stereocenters. The van der Waals surface area contributed by atoms with Crippen molar-refractivity contribution in [2.45, 2.75) is 6.92 Å². The van der Waals surface area contributed by atoms with Crippen LogP contribution in [0.3, 0.4) is 0 Å². The minimum atomic E-state index is 0.208. The SMILES string of the molecule is C=C1C([P+]#N)=C(C)Oc2ccccc21. The number of rotatable bonds is 0. The van der Waals surface area contributed by atoms with Gasteiger partial charge in [0, 0.05) is 0 Å². The van der Waals surface area contributed by atoms with Gasteiger partial charge in [-0.25, -0.2) is 0 Å². The molecular formula is C11H9NOP+. The van der Waals surface area contributed by atoms with Crippen LogP contribution in [0.2, 0.25) is 0 Å². The summed E-state index contributed by atoms with van der Waals surface area (Å²) in [5, 5.41) is 9.88. The van der Waals surface area contributed by atoms with E-state index in [-0.39, 0.29) is 8.22 Å². The molecule has 68 valence electrons.